The first-order valence-corrected chi connectivity index (χ1v) is 10.4. The molecule has 0 bridgehead atoms. The summed E-state index contributed by atoms with van der Waals surface area (Å²) in [5, 5.41) is 0.639. The van der Waals surface area contributed by atoms with Gasteiger partial charge in [-0.2, -0.15) is 0 Å². The molecule has 24 heavy (non-hydrogen) atoms. The summed E-state index contributed by atoms with van der Waals surface area (Å²) < 4.78 is 28.9. The normalized spacial score (nSPS) is 11.3. The monoisotopic (exact) mass is 404 g/mol. The average Bonchev–Trinajstić information content (AvgIpc) is 2.47. The topological polar surface area (TPSA) is 60.4 Å². The van der Waals surface area contributed by atoms with Gasteiger partial charge in [0.25, 0.3) is 0 Å². The van der Waals surface area contributed by atoms with Gasteiger partial charge in [0.2, 0.25) is 0 Å². The first-order valence-electron chi connectivity index (χ1n) is 6.76. The molecule has 0 radical (unpaired) electrons. The van der Waals surface area contributed by atoms with Crippen molar-refractivity contribution in [2.75, 3.05) is 6.26 Å². The van der Waals surface area contributed by atoms with Gasteiger partial charge in [0, 0.05) is 29.5 Å². The van der Waals surface area contributed by atoms with Gasteiger partial charge in [-0.1, -0.05) is 41.0 Å². The van der Waals surface area contributed by atoms with Gasteiger partial charge in [-0.05, 0) is 30.3 Å². The minimum Gasteiger partial charge on any atom is -0.455 e. The van der Waals surface area contributed by atoms with Crippen molar-refractivity contribution in [3.05, 3.63) is 52.0 Å². The second kappa shape index (κ2) is 7.78. The van der Waals surface area contributed by atoms with E-state index in [0.29, 0.717) is 22.3 Å². The van der Waals surface area contributed by atoms with Gasteiger partial charge in [-0.15, -0.1) is 0 Å². The van der Waals surface area contributed by atoms with E-state index >= 15 is 0 Å². The highest BCUT2D eigenvalue weighted by Crippen LogP contribution is 2.35. The number of ether oxygens (including phenoxy) is 1. The Morgan fingerprint density at radius 1 is 1.12 bits per heavy atom. The summed E-state index contributed by atoms with van der Waals surface area (Å²) in [5.74, 6) is 1.20. The third-order valence-electron chi connectivity index (χ3n) is 3.01. The smallest absolute Gasteiger partial charge is 0.186 e. The lowest BCUT2D eigenvalue weighted by Gasteiger charge is -2.13. The van der Waals surface area contributed by atoms with Crippen molar-refractivity contribution in [2.45, 2.75) is 17.6 Å². The predicted molar refractivity (Wildman–Crippen MR) is 98.1 cm³/mol. The molecular weight excluding hydrogens is 391 g/mol. The molecule has 2 aromatic carbocycles. The molecule has 128 valence electrons. The molecule has 0 unspecified atom stereocenters. The SMILES string of the molecule is CC(=O)SCc1ccc(Cl)cc1Oc1ccc(S(C)(=O)=O)cc1Cl. The van der Waals surface area contributed by atoms with Crippen LogP contribution in [0.15, 0.2) is 41.3 Å². The van der Waals surface area contributed by atoms with E-state index in [2.05, 4.69) is 0 Å². The van der Waals surface area contributed by atoms with Crippen LogP contribution in [0.25, 0.3) is 0 Å². The number of hydrogen-bond acceptors (Lipinski definition) is 5. The van der Waals surface area contributed by atoms with Crippen LogP contribution in [0.1, 0.15) is 12.5 Å². The van der Waals surface area contributed by atoms with Crippen molar-refractivity contribution in [1.29, 1.82) is 0 Å². The van der Waals surface area contributed by atoms with Gasteiger partial charge in [-0.25, -0.2) is 8.42 Å². The Morgan fingerprint density at radius 3 is 2.42 bits per heavy atom. The van der Waals surface area contributed by atoms with Crippen molar-refractivity contribution in [1.82, 2.24) is 0 Å². The molecule has 4 nitrogen and oxygen atoms in total. The van der Waals surface area contributed by atoms with Crippen molar-refractivity contribution < 1.29 is 17.9 Å². The molecule has 0 aliphatic rings. The van der Waals surface area contributed by atoms with Crippen LogP contribution in [0, 0.1) is 0 Å². The number of carbonyl (C=O) groups excluding carboxylic acids is 1. The Labute approximate surface area is 155 Å². The summed E-state index contributed by atoms with van der Waals surface area (Å²) in [6.45, 7) is 1.49. The summed E-state index contributed by atoms with van der Waals surface area (Å²) in [7, 11) is -3.35. The second-order valence-electron chi connectivity index (χ2n) is 5.00. The molecule has 2 rings (SSSR count). The summed E-state index contributed by atoms with van der Waals surface area (Å²) in [6, 6.07) is 9.34. The van der Waals surface area contributed by atoms with Crippen molar-refractivity contribution >= 4 is 49.9 Å². The summed E-state index contributed by atoms with van der Waals surface area (Å²) >= 11 is 13.3. The van der Waals surface area contributed by atoms with E-state index in [1.807, 2.05) is 0 Å². The molecule has 8 heteroatoms. The van der Waals surface area contributed by atoms with E-state index in [4.69, 9.17) is 27.9 Å². The molecule has 0 amide bonds. The number of carbonyl (C=O) groups is 1. The van der Waals surface area contributed by atoms with Crippen molar-refractivity contribution in [3.8, 4) is 11.5 Å². The molecule has 0 spiro atoms. The Kier molecular flexibility index (Phi) is 6.20. The maximum atomic E-state index is 11.6. The molecule has 0 atom stereocenters. The third kappa shape index (κ3) is 5.14. The first kappa shape index (κ1) is 19.1. The Hall–Kier alpha value is -1.21. The fourth-order valence-electron chi connectivity index (χ4n) is 1.84. The van der Waals surface area contributed by atoms with Gasteiger partial charge in [0.05, 0.1) is 9.92 Å². The first-order chi connectivity index (χ1) is 11.2. The number of hydrogen-bond donors (Lipinski definition) is 0. The lowest BCUT2D eigenvalue weighted by Crippen LogP contribution is -1.98. The summed E-state index contributed by atoms with van der Waals surface area (Å²) in [4.78, 5) is 11.3. The van der Waals surface area contributed by atoms with E-state index in [9.17, 15) is 13.2 Å². The molecule has 0 aromatic heterocycles. The molecule has 0 N–H and O–H groups in total. The molecule has 0 fully saturated rings. The second-order valence-corrected chi connectivity index (χ2v) is 9.01. The van der Waals surface area contributed by atoms with Crippen LogP contribution < -0.4 is 4.74 Å². The lowest BCUT2D eigenvalue weighted by atomic mass is 10.2. The number of sulfone groups is 1. The van der Waals surface area contributed by atoms with Gasteiger partial charge < -0.3 is 4.74 Å². The molecule has 0 aliphatic carbocycles. The van der Waals surface area contributed by atoms with E-state index in [1.165, 1.54) is 25.1 Å². The zero-order valence-corrected chi connectivity index (χ0v) is 16.0. The van der Waals surface area contributed by atoms with Crippen LogP contribution in [-0.2, 0) is 20.4 Å². The van der Waals surface area contributed by atoms with E-state index < -0.39 is 9.84 Å². The van der Waals surface area contributed by atoms with Crippen LogP contribution >= 0.6 is 35.0 Å². The average molecular weight is 405 g/mol. The number of benzene rings is 2. The number of thioether (sulfide) groups is 1. The Bertz CT molecular complexity index is 880. The largest absolute Gasteiger partial charge is 0.455 e. The van der Waals surface area contributed by atoms with Gasteiger partial charge in [0.15, 0.2) is 15.0 Å². The number of rotatable bonds is 5. The molecule has 0 heterocycles. The van der Waals surface area contributed by atoms with Crippen LogP contribution in [-0.4, -0.2) is 19.8 Å². The number of halogens is 2. The van der Waals surface area contributed by atoms with Crippen molar-refractivity contribution in [2.24, 2.45) is 0 Å². The Morgan fingerprint density at radius 2 is 1.83 bits per heavy atom. The lowest BCUT2D eigenvalue weighted by molar-refractivity contribution is -0.109. The minimum absolute atomic E-state index is 0.00793. The van der Waals surface area contributed by atoms with E-state index in [0.717, 1.165) is 23.6 Å². The highest BCUT2D eigenvalue weighted by atomic mass is 35.5. The molecule has 2 aromatic rings. The van der Waals surface area contributed by atoms with E-state index in [-0.39, 0.29) is 15.0 Å². The summed E-state index contributed by atoms with van der Waals surface area (Å²) in [6.07, 6.45) is 1.10. The van der Waals surface area contributed by atoms with Crippen molar-refractivity contribution in [3.63, 3.8) is 0 Å². The van der Waals surface area contributed by atoms with Gasteiger partial charge in [-0.3, -0.25) is 4.79 Å². The quantitative estimate of drug-likeness (QED) is 0.703. The maximum Gasteiger partial charge on any atom is 0.186 e. The van der Waals surface area contributed by atoms with Crippen LogP contribution in [0.2, 0.25) is 10.0 Å². The summed E-state index contributed by atoms with van der Waals surface area (Å²) in [5.41, 5.74) is 0.780. The molecular formula is C16H14Cl2O4S2. The highest BCUT2D eigenvalue weighted by molar-refractivity contribution is 8.12. The molecule has 0 saturated heterocycles. The minimum atomic E-state index is -3.35. The fourth-order valence-corrected chi connectivity index (χ4v) is 3.53. The highest BCUT2D eigenvalue weighted by Gasteiger charge is 2.13. The van der Waals surface area contributed by atoms with Gasteiger partial charge >= 0.3 is 0 Å². The predicted octanol–water partition coefficient (Wildman–Crippen LogP) is 4.97. The zero-order valence-electron chi connectivity index (χ0n) is 12.9. The third-order valence-corrected chi connectivity index (χ3v) is 5.51. The fraction of sp³-hybridized carbons (Fsp3) is 0.188. The van der Waals surface area contributed by atoms with Gasteiger partial charge in [0.1, 0.15) is 11.5 Å². The standard InChI is InChI=1S/C16H14Cl2O4S2/c1-10(19)23-9-11-3-4-12(17)7-16(11)22-15-6-5-13(8-14(15)18)24(2,20)21/h3-8H,9H2,1-2H3. The molecule has 0 aliphatic heterocycles. The zero-order chi connectivity index (χ0) is 17.9. The van der Waals surface area contributed by atoms with Crippen LogP contribution in [0.5, 0.6) is 11.5 Å². The van der Waals surface area contributed by atoms with E-state index in [1.54, 1.807) is 18.2 Å². The molecule has 0 saturated carbocycles. The maximum absolute atomic E-state index is 11.6. The van der Waals surface area contributed by atoms with Crippen LogP contribution in [0.4, 0.5) is 0 Å². The Balaban J connectivity index is 2.33. The van der Waals surface area contributed by atoms with Crippen LogP contribution in [0.3, 0.4) is 0 Å².